The number of thiophene rings is 1. The SMILES string of the molecule is COCC1CN(C(=O)c2ccsc2)CC12CCN(C)CC2. The van der Waals surface area contributed by atoms with E-state index in [1.807, 2.05) is 16.8 Å². The highest BCUT2D eigenvalue weighted by Gasteiger charge is 2.48. The summed E-state index contributed by atoms with van der Waals surface area (Å²) in [5, 5.41) is 3.93. The van der Waals surface area contributed by atoms with Crippen molar-refractivity contribution in [3.05, 3.63) is 22.4 Å². The van der Waals surface area contributed by atoms with Gasteiger partial charge in [-0.25, -0.2) is 0 Å². The molecule has 116 valence electrons. The summed E-state index contributed by atoms with van der Waals surface area (Å²) >= 11 is 1.59. The predicted octanol–water partition coefficient (Wildman–Crippen LogP) is 2.18. The second-order valence-corrected chi connectivity index (χ2v) is 7.30. The molecule has 0 saturated carbocycles. The first kappa shape index (κ1) is 15.0. The molecule has 1 amide bonds. The Morgan fingerprint density at radius 2 is 2.24 bits per heavy atom. The minimum absolute atomic E-state index is 0.188. The standard InChI is InChI=1S/C16H24N2O2S/c1-17-6-4-16(5-7-17)12-18(9-14(16)10-20-2)15(19)13-3-8-21-11-13/h3,8,11,14H,4-7,9-10,12H2,1-2H3. The van der Waals surface area contributed by atoms with Gasteiger partial charge in [-0.1, -0.05) is 0 Å². The molecule has 1 atom stereocenters. The molecule has 1 aromatic heterocycles. The van der Waals surface area contributed by atoms with Crippen LogP contribution >= 0.6 is 11.3 Å². The molecule has 2 fully saturated rings. The molecule has 0 aliphatic carbocycles. The smallest absolute Gasteiger partial charge is 0.254 e. The van der Waals surface area contributed by atoms with Gasteiger partial charge in [0.2, 0.25) is 0 Å². The van der Waals surface area contributed by atoms with E-state index in [2.05, 4.69) is 16.8 Å². The van der Waals surface area contributed by atoms with E-state index in [0.29, 0.717) is 5.92 Å². The predicted molar refractivity (Wildman–Crippen MR) is 84.8 cm³/mol. The second kappa shape index (κ2) is 6.07. The Morgan fingerprint density at radius 3 is 2.86 bits per heavy atom. The Labute approximate surface area is 130 Å². The van der Waals surface area contributed by atoms with Gasteiger partial charge in [0.1, 0.15) is 0 Å². The van der Waals surface area contributed by atoms with Crippen molar-refractivity contribution >= 4 is 17.2 Å². The van der Waals surface area contributed by atoms with E-state index in [9.17, 15) is 4.79 Å². The van der Waals surface area contributed by atoms with Gasteiger partial charge in [-0.05, 0) is 49.8 Å². The van der Waals surface area contributed by atoms with Crippen molar-refractivity contribution in [3.63, 3.8) is 0 Å². The average Bonchev–Trinajstić information content (AvgIpc) is 3.12. The van der Waals surface area contributed by atoms with E-state index in [4.69, 9.17) is 4.74 Å². The third kappa shape index (κ3) is 2.87. The van der Waals surface area contributed by atoms with Crippen molar-refractivity contribution in [1.29, 1.82) is 0 Å². The number of rotatable bonds is 3. The lowest BCUT2D eigenvalue weighted by Crippen LogP contribution is -2.44. The first-order chi connectivity index (χ1) is 10.1. The minimum Gasteiger partial charge on any atom is -0.384 e. The second-order valence-electron chi connectivity index (χ2n) is 6.52. The molecule has 2 aliphatic rings. The summed E-state index contributed by atoms with van der Waals surface area (Å²) in [5.74, 6) is 0.659. The molecule has 3 rings (SSSR count). The van der Waals surface area contributed by atoms with Gasteiger partial charge in [0.15, 0.2) is 0 Å². The van der Waals surface area contributed by atoms with Crippen LogP contribution in [-0.4, -0.2) is 62.7 Å². The molecule has 21 heavy (non-hydrogen) atoms. The van der Waals surface area contributed by atoms with Crippen LogP contribution in [0.25, 0.3) is 0 Å². The molecule has 2 aliphatic heterocycles. The minimum atomic E-state index is 0.188. The van der Waals surface area contributed by atoms with Gasteiger partial charge >= 0.3 is 0 Å². The van der Waals surface area contributed by atoms with E-state index in [1.54, 1.807) is 18.4 Å². The highest BCUT2D eigenvalue weighted by molar-refractivity contribution is 7.08. The molecule has 1 aromatic rings. The molecule has 1 spiro atoms. The summed E-state index contributed by atoms with van der Waals surface area (Å²) in [6.07, 6.45) is 2.34. The van der Waals surface area contributed by atoms with Crippen LogP contribution in [0.4, 0.5) is 0 Å². The van der Waals surface area contributed by atoms with Gasteiger partial charge in [0, 0.05) is 31.5 Å². The number of hydrogen-bond donors (Lipinski definition) is 0. The van der Waals surface area contributed by atoms with Gasteiger partial charge < -0.3 is 14.5 Å². The van der Waals surface area contributed by atoms with Crippen LogP contribution in [0.5, 0.6) is 0 Å². The molecular formula is C16H24N2O2S. The topological polar surface area (TPSA) is 32.8 Å². The molecule has 1 unspecified atom stereocenters. The molecule has 4 nitrogen and oxygen atoms in total. The first-order valence-electron chi connectivity index (χ1n) is 7.63. The molecule has 0 aromatic carbocycles. The van der Waals surface area contributed by atoms with Gasteiger partial charge in [0.25, 0.3) is 5.91 Å². The van der Waals surface area contributed by atoms with Crippen molar-refractivity contribution in [2.45, 2.75) is 12.8 Å². The quantitative estimate of drug-likeness (QED) is 0.858. The molecule has 0 radical (unpaired) electrons. The van der Waals surface area contributed by atoms with Crippen LogP contribution in [0.2, 0.25) is 0 Å². The van der Waals surface area contributed by atoms with Crippen LogP contribution in [0.3, 0.4) is 0 Å². The van der Waals surface area contributed by atoms with E-state index in [1.165, 1.54) is 12.8 Å². The number of carbonyl (C=O) groups is 1. The molecular weight excluding hydrogens is 284 g/mol. The van der Waals surface area contributed by atoms with Crippen LogP contribution in [-0.2, 0) is 4.74 Å². The summed E-state index contributed by atoms with van der Waals surface area (Å²) in [7, 11) is 3.95. The third-order valence-corrected chi connectivity index (χ3v) is 5.90. The lowest BCUT2D eigenvalue weighted by Gasteiger charge is -2.41. The van der Waals surface area contributed by atoms with Crippen molar-refractivity contribution < 1.29 is 9.53 Å². The maximum atomic E-state index is 12.6. The lowest BCUT2D eigenvalue weighted by molar-refractivity contribution is 0.0444. The summed E-state index contributed by atoms with van der Waals surface area (Å²) in [4.78, 5) is 17.1. The number of amides is 1. The number of methoxy groups -OCH3 is 1. The fourth-order valence-corrected chi connectivity index (χ4v) is 4.45. The average molecular weight is 308 g/mol. The van der Waals surface area contributed by atoms with Gasteiger partial charge in [0.05, 0.1) is 12.2 Å². The number of ether oxygens (including phenoxy) is 1. The summed E-state index contributed by atoms with van der Waals surface area (Å²) in [6.45, 7) is 4.74. The fourth-order valence-electron chi connectivity index (χ4n) is 3.82. The Bertz CT molecular complexity index is 480. The highest BCUT2D eigenvalue weighted by Crippen LogP contribution is 2.45. The van der Waals surface area contributed by atoms with Crippen molar-refractivity contribution in [2.24, 2.45) is 11.3 Å². The van der Waals surface area contributed by atoms with Crippen LogP contribution in [0.15, 0.2) is 16.8 Å². The Balaban J connectivity index is 1.76. The van der Waals surface area contributed by atoms with Crippen LogP contribution < -0.4 is 0 Å². The molecule has 3 heterocycles. The summed E-state index contributed by atoms with van der Waals surface area (Å²) in [5.41, 5.74) is 1.09. The normalized spacial score (nSPS) is 25.6. The number of nitrogens with zero attached hydrogens (tertiary/aromatic N) is 2. The molecule has 0 N–H and O–H groups in total. The van der Waals surface area contributed by atoms with Gasteiger partial charge in [-0.2, -0.15) is 11.3 Å². The Kier molecular flexibility index (Phi) is 4.33. The summed E-state index contributed by atoms with van der Waals surface area (Å²) < 4.78 is 5.45. The molecule has 2 saturated heterocycles. The van der Waals surface area contributed by atoms with Crippen molar-refractivity contribution in [1.82, 2.24) is 9.80 Å². The van der Waals surface area contributed by atoms with Crippen LogP contribution in [0.1, 0.15) is 23.2 Å². The van der Waals surface area contributed by atoms with E-state index < -0.39 is 0 Å². The Hall–Kier alpha value is -0.910. The highest BCUT2D eigenvalue weighted by atomic mass is 32.1. The lowest BCUT2D eigenvalue weighted by atomic mass is 9.71. The van der Waals surface area contributed by atoms with E-state index in [0.717, 1.165) is 38.3 Å². The molecule has 5 heteroatoms. The number of likely N-dealkylation sites (tertiary alicyclic amines) is 2. The van der Waals surface area contributed by atoms with E-state index in [-0.39, 0.29) is 11.3 Å². The number of carbonyl (C=O) groups excluding carboxylic acids is 1. The third-order valence-electron chi connectivity index (χ3n) is 5.22. The monoisotopic (exact) mass is 308 g/mol. The van der Waals surface area contributed by atoms with Crippen molar-refractivity contribution in [2.75, 3.05) is 46.9 Å². The van der Waals surface area contributed by atoms with Gasteiger partial charge in [-0.3, -0.25) is 4.79 Å². The fraction of sp³-hybridized carbons (Fsp3) is 0.688. The Morgan fingerprint density at radius 1 is 1.48 bits per heavy atom. The van der Waals surface area contributed by atoms with Crippen molar-refractivity contribution in [3.8, 4) is 0 Å². The van der Waals surface area contributed by atoms with Crippen LogP contribution in [0, 0.1) is 11.3 Å². The largest absolute Gasteiger partial charge is 0.384 e. The van der Waals surface area contributed by atoms with E-state index >= 15 is 0 Å². The summed E-state index contributed by atoms with van der Waals surface area (Å²) in [6, 6.07) is 1.93. The number of hydrogen-bond acceptors (Lipinski definition) is 4. The first-order valence-corrected chi connectivity index (χ1v) is 8.58. The zero-order valence-corrected chi connectivity index (χ0v) is 13.7. The maximum absolute atomic E-state index is 12.6. The van der Waals surface area contributed by atoms with Gasteiger partial charge in [-0.15, -0.1) is 0 Å². The maximum Gasteiger partial charge on any atom is 0.254 e. The molecule has 0 bridgehead atoms. The number of piperidine rings is 1. The zero-order valence-electron chi connectivity index (χ0n) is 12.9. The zero-order chi connectivity index (χ0) is 14.9.